The van der Waals surface area contributed by atoms with Gasteiger partial charge in [0.05, 0.1) is 12.5 Å². The van der Waals surface area contributed by atoms with Crippen LogP contribution in [0.4, 0.5) is 0 Å². The SMILES string of the molecule is COC(=O)C(C)(C)CN(C)CCN. The van der Waals surface area contributed by atoms with Crippen LogP contribution in [0, 0.1) is 5.41 Å². The van der Waals surface area contributed by atoms with Crippen LogP contribution in [-0.2, 0) is 9.53 Å². The number of nitrogens with zero attached hydrogens (tertiary/aromatic N) is 1. The van der Waals surface area contributed by atoms with E-state index in [1.807, 2.05) is 25.8 Å². The van der Waals surface area contributed by atoms with Crippen molar-refractivity contribution in [2.75, 3.05) is 33.8 Å². The van der Waals surface area contributed by atoms with Crippen LogP contribution in [0.5, 0.6) is 0 Å². The van der Waals surface area contributed by atoms with Gasteiger partial charge in [0.25, 0.3) is 0 Å². The lowest BCUT2D eigenvalue weighted by atomic mass is 9.93. The Morgan fingerprint density at radius 1 is 1.54 bits per heavy atom. The second-order valence-electron chi connectivity index (χ2n) is 3.90. The van der Waals surface area contributed by atoms with Gasteiger partial charge in [0, 0.05) is 19.6 Å². The topological polar surface area (TPSA) is 55.6 Å². The summed E-state index contributed by atoms with van der Waals surface area (Å²) >= 11 is 0. The predicted octanol–water partition coefficient (Wildman–Crippen LogP) is 0.0761. The van der Waals surface area contributed by atoms with E-state index < -0.39 is 5.41 Å². The summed E-state index contributed by atoms with van der Waals surface area (Å²) in [4.78, 5) is 13.3. The largest absolute Gasteiger partial charge is 0.469 e. The van der Waals surface area contributed by atoms with Gasteiger partial charge in [-0.25, -0.2) is 0 Å². The molecule has 0 spiro atoms. The van der Waals surface area contributed by atoms with Crippen molar-refractivity contribution in [2.45, 2.75) is 13.8 Å². The molecule has 0 atom stereocenters. The highest BCUT2D eigenvalue weighted by atomic mass is 16.5. The van der Waals surface area contributed by atoms with E-state index in [2.05, 4.69) is 0 Å². The third kappa shape index (κ3) is 4.24. The van der Waals surface area contributed by atoms with E-state index in [9.17, 15) is 4.79 Å². The van der Waals surface area contributed by atoms with E-state index >= 15 is 0 Å². The number of carbonyl (C=O) groups is 1. The zero-order valence-electron chi connectivity index (χ0n) is 8.96. The van der Waals surface area contributed by atoms with Gasteiger partial charge >= 0.3 is 5.97 Å². The van der Waals surface area contributed by atoms with Crippen LogP contribution in [0.2, 0.25) is 0 Å². The molecule has 0 aromatic rings. The Labute approximate surface area is 80.0 Å². The van der Waals surface area contributed by atoms with E-state index in [1.54, 1.807) is 0 Å². The number of rotatable bonds is 5. The Hall–Kier alpha value is -0.610. The number of hydrogen-bond acceptors (Lipinski definition) is 4. The van der Waals surface area contributed by atoms with Gasteiger partial charge in [-0.2, -0.15) is 0 Å². The van der Waals surface area contributed by atoms with Gasteiger partial charge in [0.15, 0.2) is 0 Å². The summed E-state index contributed by atoms with van der Waals surface area (Å²) in [5.74, 6) is -0.184. The van der Waals surface area contributed by atoms with Crippen LogP contribution in [0.15, 0.2) is 0 Å². The Morgan fingerprint density at radius 2 is 2.08 bits per heavy atom. The second kappa shape index (κ2) is 5.19. The molecule has 0 rings (SSSR count). The van der Waals surface area contributed by atoms with Gasteiger partial charge in [0.1, 0.15) is 0 Å². The second-order valence-corrected chi connectivity index (χ2v) is 3.90. The van der Waals surface area contributed by atoms with Gasteiger partial charge in [0.2, 0.25) is 0 Å². The number of nitrogens with two attached hydrogens (primary N) is 1. The third-order valence-electron chi connectivity index (χ3n) is 1.91. The fourth-order valence-corrected chi connectivity index (χ4v) is 1.32. The molecule has 0 amide bonds. The smallest absolute Gasteiger partial charge is 0.312 e. The number of carbonyl (C=O) groups excluding carboxylic acids is 1. The van der Waals surface area contributed by atoms with Crippen molar-refractivity contribution in [1.29, 1.82) is 0 Å². The normalized spacial score (nSPS) is 11.8. The zero-order valence-corrected chi connectivity index (χ0v) is 8.96. The zero-order chi connectivity index (χ0) is 10.5. The molecule has 0 heterocycles. The fourth-order valence-electron chi connectivity index (χ4n) is 1.32. The molecule has 0 fully saturated rings. The van der Waals surface area contributed by atoms with Crippen LogP contribution >= 0.6 is 0 Å². The number of likely N-dealkylation sites (N-methyl/N-ethyl adjacent to an activating group) is 1. The maximum atomic E-state index is 11.3. The molecule has 0 aliphatic rings. The van der Waals surface area contributed by atoms with Gasteiger partial charge in [-0.1, -0.05) is 0 Å². The molecule has 0 aliphatic heterocycles. The number of esters is 1. The maximum Gasteiger partial charge on any atom is 0.312 e. The van der Waals surface area contributed by atoms with Crippen molar-refractivity contribution in [1.82, 2.24) is 4.90 Å². The van der Waals surface area contributed by atoms with Crippen LogP contribution in [0.25, 0.3) is 0 Å². The number of ether oxygens (including phenoxy) is 1. The van der Waals surface area contributed by atoms with Crippen LogP contribution in [0.3, 0.4) is 0 Å². The summed E-state index contributed by atoms with van der Waals surface area (Å²) in [6.07, 6.45) is 0. The van der Waals surface area contributed by atoms with Crippen molar-refractivity contribution in [2.24, 2.45) is 11.1 Å². The molecule has 13 heavy (non-hydrogen) atoms. The van der Waals surface area contributed by atoms with Gasteiger partial charge in [-0.15, -0.1) is 0 Å². The molecule has 4 nitrogen and oxygen atoms in total. The minimum absolute atomic E-state index is 0.184. The molecule has 0 saturated carbocycles. The first-order valence-electron chi connectivity index (χ1n) is 4.41. The van der Waals surface area contributed by atoms with E-state index in [-0.39, 0.29) is 5.97 Å². The van der Waals surface area contributed by atoms with Crippen molar-refractivity contribution in [3.05, 3.63) is 0 Å². The highest BCUT2D eigenvalue weighted by Gasteiger charge is 2.29. The summed E-state index contributed by atoms with van der Waals surface area (Å²) in [5.41, 5.74) is 4.94. The van der Waals surface area contributed by atoms with Crippen molar-refractivity contribution < 1.29 is 9.53 Å². The van der Waals surface area contributed by atoms with Gasteiger partial charge in [-0.05, 0) is 20.9 Å². The van der Waals surface area contributed by atoms with Gasteiger partial charge < -0.3 is 15.4 Å². The van der Waals surface area contributed by atoms with E-state index in [0.29, 0.717) is 13.1 Å². The Kier molecular flexibility index (Phi) is 4.95. The average molecular weight is 188 g/mol. The first-order valence-corrected chi connectivity index (χ1v) is 4.41. The molecule has 0 radical (unpaired) electrons. The van der Waals surface area contributed by atoms with E-state index in [1.165, 1.54) is 7.11 Å². The summed E-state index contributed by atoms with van der Waals surface area (Å²) < 4.78 is 4.70. The van der Waals surface area contributed by atoms with Gasteiger partial charge in [-0.3, -0.25) is 4.79 Å². The number of methoxy groups -OCH3 is 1. The minimum Gasteiger partial charge on any atom is -0.469 e. The molecular formula is C9H20N2O2. The molecule has 0 aromatic heterocycles. The van der Waals surface area contributed by atoms with E-state index in [4.69, 9.17) is 10.5 Å². The van der Waals surface area contributed by atoms with Crippen LogP contribution < -0.4 is 5.73 Å². The predicted molar refractivity (Wildman–Crippen MR) is 52.3 cm³/mol. The first-order chi connectivity index (χ1) is 5.94. The lowest BCUT2D eigenvalue weighted by Crippen LogP contribution is -2.39. The average Bonchev–Trinajstić information content (AvgIpc) is 2.02. The lowest BCUT2D eigenvalue weighted by Gasteiger charge is -2.27. The van der Waals surface area contributed by atoms with E-state index in [0.717, 1.165) is 6.54 Å². The lowest BCUT2D eigenvalue weighted by molar-refractivity contribution is -0.151. The Balaban J connectivity index is 4.07. The van der Waals surface area contributed by atoms with Crippen molar-refractivity contribution in [3.8, 4) is 0 Å². The summed E-state index contributed by atoms with van der Waals surface area (Å²) in [6.45, 7) is 5.79. The molecule has 0 aromatic carbocycles. The number of hydrogen-bond donors (Lipinski definition) is 1. The molecule has 4 heteroatoms. The monoisotopic (exact) mass is 188 g/mol. The maximum absolute atomic E-state index is 11.3. The summed E-state index contributed by atoms with van der Waals surface area (Å²) in [7, 11) is 3.35. The molecule has 78 valence electrons. The summed E-state index contributed by atoms with van der Waals surface area (Å²) in [6, 6.07) is 0. The standard InChI is InChI=1S/C9H20N2O2/c1-9(2,8(12)13-4)7-11(3)6-5-10/h5-7,10H2,1-4H3. The fraction of sp³-hybridized carbons (Fsp3) is 0.889. The van der Waals surface area contributed by atoms with Crippen molar-refractivity contribution in [3.63, 3.8) is 0 Å². The van der Waals surface area contributed by atoms with Crippen LogP contribution in [-0.4, -0.2) is 44.7 Å². The van der Waals surface area contributed by atoms with Crippen molar-refractivity contribution >= 4 is 5.97 Å². The molecule has 0 bridgehead atoms. The molecular weight excluding hydrogens is 168 g/mol. The molecule has 0 aliphatic carbocycles. The highest BCUT2D eigenvalue weighted by Crippen LogP contribution is 2.17. The first kappa shape index (κ1) is 12.4. The third-order valence-corrected chi connectivity index (χ3v) is 1.91. The molecule has 0 saturated heterocycles. The minimum atomic E-state index is -0.460. The quantitative estimate of drug-likeness (QED) is 0.621. The highest BCUT2D eigenvalue weighted by molar-refractivity contribution is 5.76. The Bertz CT molecular complexity index is 169. The van der Waals surface area contributed by atoms with Crippen LogP contribution in [0.1, 0.15) is 13.8 Å². The summed E-state index contributed by atoms with van der Waals surface area (Å²) in [5, 5.41) is 0. The molecule has 0 unspecified atom stereocenters. The Morgan fingerprint density at radius 3 is 2.46 bits per heavy atom. The molecule has 2 N–H and O–H groups in total.